The van der Waals surface area contributed by atoms with Crippen molar-refractivity contribution in [3.05, 3.63) is 71.8 Å². The largest absolute Gasteiger partial charge is 0.479 e. The van der Waals surface area contributed by atoms with Gasteiger partial charge in [0.05, 0.1) is 0 Å². The maximum Gasteiger partial charge on any atom is 0.408 e. The number of carbonyl (C=O) groups excluding carboxylic acids is 1. The number of alkyl carbamates (subject to hydrolysis) is 1. The first kappa shape index (κ1) is 16.5. The highest BCUT2D eigenvalue weighted by Gasteiger charge is 2.40. The summed E-state index contributed by atoms with van der Waals surface area (Å²) in [5.74, 6) is -1.12. The van der Waals surface area contributed by atoms with Crippen LogP contribution in [0.1, 0.15) is 24.5 Å². The standard InChI is InChI=1S/C18H19NO4/c1-2-18(16(20)21,15-11-7-4-8-12-15)19-17(22)23-13-14-9-5-3-6-10-14/h3-12H,2,13H2,1H3,(H,19,22)(H,20,21)/t18-/m1/s1. The number of benzene rings is 2. The summed E-state index contributed by atoms with van der Waals surface area (Å²) in [6, 6.07) is 17.8. The molecule has 0 fully saturated rings. The smallest absolute Gasteiger partial charge is 0.408 e. The van der Waals surface area contributed by atoms with Gasteiger partial charge < -0.3 is 15.2 Å². The molecule has 1 atom stereocenters. The van der Waals surface area contributed by atoms with Crippen molar-refractivity contribution in [1.82, 2.24) is 5.32 Å². The molecule has 0 aromatic heterocycles. The first-order valence-electron chi connectivity index (χ1n) is 7.36. The average molecular weight is 313 g/mol. The molecular formula is C18H19NO4. The SMILES string of the molecule is CC[C@](NC(=O)OCc1ccccc1)(C(=O)O)c1ccccc1. The normalized spacial score (nSPS) is 12.9. The minimum absolute atomic E-state index is 0.0842. The van der Waals surface area contributed by atoms with Crippen molar-refractivity contribution in [3.63, 3.8) is 0 Å². The van der Waals surface area contributed by atoms with Crippen LogP contribution in [0.3, 0.4) is 0 Å². The molecule has 2 rings (SSSR count). The molecule has 0 saturated carbocycles. The molecule has 0 aliphatic rings. The number of carboxylic acids is 1. The van der Waals surface area contributed by atoms with Crippen LogP contribution in [0.4, 0.5) is 4.79 Å². The average Bonchev–Trinajstić information content (AvgIpc) is 2.59. The van der Waals surface area contributed by atoms with Gasteiger partial charge in [0.2, 0.25) is 0 Å². The summed E-state index contributed by atoms with van der Waals surface area (Å²) in [5, 5.41) is 12.1. The Bertz CT molecular complexity index is 657. The second kappa shape index (κ2) is 7.45. The Labute approximate surface area is 134 Å². The highest BCUT2D eigenvalue weighted by Crippen LogP contribution is 2.25. The molecule has 120 valence electrons. The van der Waals surface area contributed by atoms with E-state index in [0.717, 1.165) is 5.56 Å². The van der Waals surface area contributed by atoms with E-state index in [1.54, 1.807) is 37.3 Å². The van der Waals surface area contributed by atoms with Crippen LogP contribution in [0.5, 0.6) is 0 Å². The Morgan fingerprint density at radius 1 is 1.04 bits per heavy atom. The summed E-state index contributed by atoms with van der Waals surface area (Å²) in [7, 11) is 0. The van der Waals surface area contributed by atoms with E-state index in [1.165, 1.54) is 0 Å². The molecule has 0 radical (unpaired) electrons. The molecule has 0 aliphatic heterocycles. The Hall–Kier alpha value is -2.82. The third-order valence-electron chi connectivity index (χ3n) is 3.69. The topological polar surface area (TPSA) is 75.6 Å². The number of ether oxygens (including phenoxy) is 1. The fourth-order valence-corrected chi connectivity index (χ4v) is 2.35. The van der Waals surface area contributed by atoms with Crippen molar-refractivity contribution >= 4 is 12.1 Å². The van der Waals surface area contributed by atoms with E-state index >= 15 is 0 Å². The van der Waals surface area contributed by atoms with Crippen LogP contribution in [-0.4, -0.2) is 17.2 Å². The zero-order valence-electron chi connectivity index (χ0n) is 12.9. The van der Waals surface area contributed by atoms with Gasteiger partial charge in [-0.15, -0.1) is 0 Å². The second-order valence-electron chi connectivity index (χ2n) is 5.12. The fraction of sp³-hybridized carbons (Fsp3) is 0.222. The molecule has 0 spiro atoms. The lowest BCUT2D eigenvalue weighted by molar-refractivity contribution is -0.145. The lowest BCUT2D eigenvalue weighted by atomic mass is 9.87. The molecule has 5 nitrogen and oxygen atoms in total. The van der Waals surface area contributed by atoms with Crippen LogP contribution in [0.2, 0.25) is 0 Å². The molecule has 5 heteroatoms. The van der Waals surface area contributed by atoms with Crippen molar-refractivity contribution in [2.24, 2.45) is 0 Å². The number of hydrogen-bond donors (Lipinski definition) is 2. The molecule has 2 aromatic rings. The molecule has 2 N–H and O–H groups in total. The number of hydrogen-bond acceptors (Lipinski definition) is 3. The van der Waals surface area contributed by atoms with Crippen LogP contribution in [0.25, 0.3) is 0 Å². The molecule has 23 heavy (non-hydrogen) atoms. The van der Waals surface area contributed by atoms with Crippen LogP contribution in [-0.2, 0) is 21.7 Å². The van der Waals surface area contributed by atoms with Gasteiger partial charge in [0.1, 0.15) is 6.61 Å². The Morgan fingerprint density at radius 2 is 1.61 bits per heavy atom. The summed E-state index contributed by atoms with van der Waals surface area (Å²) in [5.41, 5.74) is -0.166. The molecule has 0 heterocycles. The zero-order valence-corrected chi connectivity index (χ0v) is 12.9. The van der Waals surface area contributed by atoms with E-state index in [1.807, 2.05) is 30.3 Å². The fourth-order valence-electron chi connectivity index (χ4n) is 2.35. The van der Waals surface area contributed by atoms with Gasteiger partial charge in [-0.25, -0.2) is 9.59 Å². The van der Waals surface area contributed by atoms with Crippen molar-refractivity contribution < 1.29 is 19.4 Å². The molecule has 0 aliphatic carbocycles. The van der Waals surface area contributed by atoms with Crippen LogP contribution >= 0.6 is 0 Å². The minimum atomic E-state index is -1.50. The molecular weight excluding hydrogens is 294 g/mol. The maximum atomic E-state index is 12.1. The van der Waals surface area contributed by atoms with E-state index in [0.29, 0.717) is 5.56 Å². The zero-order chi connectivity index (χ0) is 16.7. The van der Waals surface area contributed by atoms with Gasteiger partial charge in [0.25, 0.3) is 0 Å². The predicted molar refractivity (Wildman–Crippen MR) is 85.8 cm³/mol. The van der Waals surface area contributed by atoms with Crippen molar-refractivity contribution in [1.29, 1.82) is 0 Å². The van der Waals surface area contributed by atoms with Crippen molar-refractivity contribution in [2.75, 3.05) is 0 Å². The highest BCUT2D eigenvalue weighted by atomic mass is 16.5. The minimum Gasteiger partial charge on any atom is -0.479 e. The number of carboxylic acid groups (broad SMARTS) is 1. The van der Waals surface area contributed by atoms with Crippen molar-refractivity contribution in [2.45, 2.75) is 25.5 Å². The molecule has 1 amide bonds. The van der Waals surface area contributed by atoms with Gasteiger partial charge in [-0.3, -0.25) is 0 Å². The summed E-state index contributed by atoms with van der Waals surface area (Å²) >= 11 is 0. The van der Waals surface area contributed by atoms with E-state index in [-0.39, 0.29) is 13.0 Å². The van der Waals surface area contributed by atoms with Gasteiger partial charge in [0, 0.05) is 0 Å². The lowest BCUT2D eigenvalue weighted by Gasteiger charge is -2.29. The monoisotopic (exact) mass is 313 g/mol. The quantitative estimate of drug-likeness (QED) is 0.858. The second-order valence-corrected chi connectivity index (χ2v) is 5.12. The summed E-state index contributed by atoms with van der Waals surface area (Å²) in [4.78, 5) is 23.9. The van der Waals surface area contributed by atoms with E-state index < -0.39 is 17.6 Å². The first-order chi connectivity index (χ1) is 11.1. The number of carbonyl (C=O) groups is 2. The number of rotatable bonds is 6. The van der Waals surface area contributed by atoms with E-state index in [2.05, 4.69) is 5.32 Å². The molecule has 2 aromatic carbocycles. The van der Waals surface area contributed by atoms with Gasteiger partial charge in [-0.1, -0.05) is 67.6 Å². The Kier molecular flexibility index (Phi) is 5.36. The van der Waals surface area contributed by atoms with Crippen LogP contribution < -0.4 is 5.32 Å². The van der Waals surface area contributed by atoms with Gasteiger partial charge in [-0.05, 0) is 17.5 Å². The van der Waals surface area contributed by atoms with E-state index in [4.69, 9.17) is 4.74 Å². The Balaban J connectivity index is 2.12. The maximum absolute atomic E-state index is 12.1. The summed E-state index contributed by atoms with van der Waals surface area (Å²) < 4.78 is 5.14. The summed E-state index contributed by atoms with van der Waals surface area (Å²) in [6.45, 7) is 1.79. The number of amides is 1. The number of aliphatic carboxylic acids is 1. The molecule has 0 saturated heterocycles. The molecule has 0 bridgehead atoms. The third-order valence-corrected chi connectivity index (χ3v) is 3.69. The van der Waals surface area contributed by atoms with Crippen LogP contribution in [0.15, 0.2) is 60.7 Å². The van der Waals surface area contributed by atoms with E-state index in [9.17, 15) is 14.7 Å². The van der Waals surface area contributed by atoms with Gasteiger partial charge >= 0.3 is 12.1 Å². The van der Waals surface area contributed by atoms with Crippen molar-refractivity contribution in [3.8, 4) is 0 Å². The third kappa shape index (κ3) is 3.88. The van der Waals surface area contributed by atoms with Gasteiger partial charge in [-0.2, -0.15) is 0 Å². The number of nitrogens with one attached hydrogen (secondary N) is 1. The lowest BCUT2D eigenvalue weighted by Crippen LogP contribution is -2.51. The molecule has 0 unspecified atom stereocenters. The summed E-state index contributed by atoms with van der Waals surface area (Å²) in [6.07, 6.45) is -0.561. The predicted octanol–water partition coefficient (Wildman–Crippen LogP) is 3.30. The highest BCUT2D eigenvalue weighted by molar-refractivity contribution is 5.85. The van der Waals surface area contributed by atoms with Gasteiger partial charge in [0.15, 0.2) is 5.54 Å². The first-order valence-corrected chi connectivity index (χ1v) is 7.36. The van der Waals surface area contributed by atoms with Crippen LogP contribution in [0, 0.1) is 0 Å². The Morgan fingerprint density at radius 3 is 2.13 bits per heavy atom.